The molecule has 2 rings (SSSR count). The number of benzene rings is 1. The lowest BCUT2D eigenvalue weighted by Gasteiger charge is -2.35. The molecule has 1 fully saturated rings. The van der Waals surface area contributed by atoms with Crippen LogP contribution in [0.4, 0.5) is 17.6 Å². The topological polar surface area (TPSA) is 15.3 Å². The molecule has 0 spiro atoms. The Hall–Kier alpha value is -0.560. The van der Waals surface area contributed by atoms with Crippen LogP contribution in [0, 0.1) is 12.7 Å². The number of halogens is 6. The lowest BCUT2D eigenvalue weighted by molar-refractivity contribution is -0.149. The fourth-order valence-electron chi connectivity index (χ4n) is 2.57. The van der Waals surface area contributed by atoms with E-state index in [1.54, 1.807) is 17.9 Å². The van der Waals surface area contributed by atoms with E-state index in [2.05, 4.69) is 5.32 Å². The van der Waals surface area contributed by atoms with Crippen LogP contribution in [0.3, 0.4) is 0 Å². The lowest BCUT2D eigenvalue weighted by Crippen LogP contribution is -2.46. The van der Waals surface area contributed by atoms with Gasteiger partial charge >= 0.3 is 6.18 Å². The third-order valence-corrected chi connectivity index (χ3v) is 3.53. The van der Waals surface area contributed by atoms with Gasteiger partial charge in [0.2, 0.25) is 0 Å². The summed E-state index contributed by atoms with van der Waals surface area (Å²) in [7, 11) is 0. The predicted molar refractivity (Wildman–Crippen MR) is 83.5 cm³/mol. The first-order chi connectivity index (χ1) is 9.37. The molecule has 22 heavy (non-hydrogen) atoms. The van der Waals surface area contributed by atoms with Crippen molar-refractivity contribution in [3.63, 3.8) is 0 Å². The zero-order valence-corrected chi connectivity index (χ0v) is 13.8. The van der Waals surface area contributed by atoms with Crippen molar-refractivity contribution in [1.82, 2.24) is 10.2 Å². The predicted octanol–water partition coefficient (Wildman–Crippen LogP) is 3.88. The third-order valence-electron chi connectivity index (χ3n) is 3.53. The van der Waals surface area contributed by atoms with Crippen LogP contribution in [0.15, 0.2) is 18.2 Å². The van der Waals surface area contributed by atoms with E-state index in [-0.39, 0.29) is 30.4 Å². The Morgan fingerprint density at radius 3 is 2.32 bits per heavy atom. The molecule has 128 valence electrons. The molecule has 2 nitrogen and oxygen atoms in total. The molecule has 0 unspecified atom stereocenters. The molecule has 8 heteroatoms. The van der Waals surface area contributed by atoms with Gasteiger partial charge in [-0.1, -0.05) is 17.7 Å². The van der Waals surface area contributed by atoms with E-state index in [0.717, 1.165) is 5.56 Å². The van der Waals surface area contributed by atoms with Crippen LogP contribution in [0.25, 0.3) is 0 Å². The van der Waals surface area contributed by atoms with E-state index in [9.17, 15) is 17.6 Å². The zero-order valence-electron chi connectivity index (χ0n) is 12.1. The number of nitrogens with one attached hydrogen (secondary N) is 1. The largest absolute Gasteiger partial charge is 0.390 e. The smallest absolute Gasteiger partial charge is 0.314 e. The number of hydrogen-bond acceptors (Lipinski definition) is 2. The van der Waals surface area contributed by atoms with Gasteiger partial charge in [-0.15, -0.1) is 24.8 Å². The maximum atomic E-state index is 13.9. The molecule has 1 atom stereocenters. The van der Waals surface area contributed by atoms with E-state index in [1.807, 2.05) is 0 Å². The van der Waals surface area contributed by atoms with Crippen LogP contribution in [0.1, 0.15) is 23.6 Å². The molecule has 0 bridgehead atoms. The molecule has 1 N–H and O–H groups in total. The van der Waals surface area contributed by atoms with Crippen molar-refractivity contribution in [2.75, 3.05) is 26.2 Å². The summed E-state index contributed by atoms with van der Waals surface area (Å²) in [5.41, 5.74) is 0.910. The van der Waals surface area contributed by atoms with Gasteiger partial charge in [0.1, 0.15) is 5.82 Å². The second-order valence-electron chi connectivity index (χ2n) is 5.15. The maximum absolute atomic E-state index is 13.9. The number of hydrogen-bond donors (Lipinski definition) is 1. The summed E-state index contributed by atoms with van der Waals surface area (Å²) in [6, 6.07) is 3.39. The van der Waals surface area contributed by atoms with Gasteiger partial charge in [0.15, 0.2) is 0 Å². The van der Waals surface area contributed by atoms with Crippen molar-refractivity contribution in [1.29, 1.82) is 0 Å². The molecule has 0 radical (unpaired) electrons. The molecule has 1 heterocycles. The van der Waals surface area contributed by atoms with Gasteiger partial charge in [0.25, 0.3) is 0 Å². The Kier molecular flexibility index (Phi) is 8.69. The van der Waals surface area contributed by atoms with Crippen LogP contribution in [0.2, 0.25) is 0 Å². The van der Waals surface area contributed by atoms with E-state index in [4.69, 9.17) is 0 Å². The summed E-state index contributed by atoms with van der Waals surface area (Å²) in [5, 5.41) is 3.09. The molecule has 1 saturated heterocycles. The maximum Gasteiger partial charge on any atom is 0.390 e. The van der Waals surface area contributed by atoms with Gasteiger partial charge in [0.05, 0.1) is 6.42 Å². The normalized spacial score (nSPS) is 17.3. The van der Waals surface area contributed by atoms with E-state index in [1.165, 1.54) is 12.1 Å². The summed E-state index contributed by atoms with van der Waals surface area (Å²) in [6.45, 7) is 4.00. The Bertz CT molecular complexity index is 463. The van der Waals surface area contributed by atoms with Crippen molar-refractivity contribution >= 4 is 24.8 Å². The number of nitrogens with zero attached hydrogens (tertiary/aromatic N) is 1. The molecule has 1 aromatic carbocycles. The number of piperazine rings is 1. The molecule has 0 saturated carbocycles. The summed E-state index contributed by atoms with van der Waals surface area (Å²) < 4.78 is 52.4. The molecular formula is C14H20Cl2F4N2. The van der Waals surface area contributed by atoms with Gasteiger partial charge in [-0.25, -0.2) is 4.39 Å². The summed E-state index contributed by atoms with van der Waals surface area (Å²) >= 11 is 0. The third kappa shape index (κ3) is 5.91. The molecule has 0 aromatic heterocycles. The van der Waals surface area contributed by atoms with Crippen LogP contribution in [-0.4, -0.2) is 37.3 Å². The van der Waals surface area contributed by atoms with Crippen molar-refractivity contribution < 1.29 is 17.6 Å². The zero-order chi connectivity index (χ0) is 14.8. The Labute approximate surface area is 140 Å². The fraction of sp³-hybridized carbons (Fsp3) is 0.571. The highest BCUT2D eigenvalue weighted by atomic mass is 35.5. The van der Waals surface area contributed by atoms with E-state index < -0.39 is 24.5 Å². The van der Waals surface area contributed by atoms with Gasteiger partial charge in [0, 0.05) is 37.8 Å². The Morgan fingerprint density at radius 2 is 1.77 bits per heavy atom. The highest BCUT2D eigenvalue weighted by Crippen LogP contribution is 2.35. The van der Waals surface area contributed by atoms with Crippen molar-refractivity contribution in [2.45, 2.75) is 25.6 Å². The van der Waals surface area contributed by atoms with Gasteiger partial charge < -0.3 is 5.32 Å². The van der Waals surface area contributed by atoms with Crippen molar-refractivity contribution in [2.24, 2.45) is 0 Å². The molecule has 1 aliphatic rings. The monoisotopic (exact) mass is 362 g/mol. The van der Waals surface area contributed by atoms with E-state index in [0.29, 0.717) is 26.2 Å². The van der Waals surface area contributed by atoms with Crippen LogP contribution in [0.5, 0.6) is 0 Å². The summed E-state index contributed by atoms with van der Waals surface area (Å²) in [6.07, 6.45) is -5.33. The van der Waals surface area contributed by atoms with Gasteiger partial charge in [-0.05, 0) is 13.0 Å². The number of rotatable bonds is 3. The Balaban J connectivity index is 0.00000220. The highest BCUT2D eigenvalue weighted by molar-refractivity contribution is 5.85. The average Bonchev–Trinajstić information content (AvgIpc) is 2.39. The summed E-state index contributed by atoms with van der Waals surface area (Å²) in [4.78, 5) is 1.71. The minimum absolute atomic E-state index is 0. The minimum atomic E-state index is -4.31. The first-order valence-corrected chi connectivity index (χ1v) is 6.64. The molecule has 1 aliphatic heterocycles. The standard InChI is InChI=1S/C14H18F4N2.2ClH/c1-10-2-3-12(15)11(8-10)13(9-14(16,17)18)20-6-4-19-5-7-20;;/h2-3,8,13,19H,4-7,9H2,1H3;2*1H/t13-;;/m1../s1. The first-order valence-electron chi connectivity index (χ1n) is 6.64. The quantitative estimate of drug-likeness (QED) is 0.821. The molecule has 0 amide bonds. The fourth-order valence-corrected chi connectivity index (χ4v) is 2.57. The molecular weight excluding hydrogens is 343 g/mol. The Morgan fingerprint density at radius 1 is 1.18 bits per heavy atom. The highest BCUT2D eigenvalue weighted by Gasteiger charge is 2.37. The van der Waals surface area contributed by atoms with Crippen LogP contribution >= 0.6 is 24.8 Å². The number of aryl methyl sites for hydroxylation is 1. The second-order valence-corrected chi connectivity index (χ2v) is 5.15. The van der Waals surface area contributed by atoms with Gasteiger partial charge in [-0.2, -0.15) is 13.2 Å². The average molecular weight is 363 g/mol. The minimum Gasteiger partial charge on any atom is -0.314 e. The lowest BCUT2D eigenvalue weighted by atomic mass is 9.98. The number of alkyl halides is 3. The van der Waals surface area contributed by atoms with Crippen molar-refractivity contribution in [3.8, 4) is 0 Å². The molecule has 1 aromatic rings. The van der Waals surface area contributed by atoms with Crippen LogP contribution < -0.4 is 5.32 Å². The van der Waals surface area contributed by atoms with Crippen LogP contribution in [-0.2, 0) is 0 Å². The van der Waals surface area contributed by atoms with Crippen molar-refractivity contribution in [3.05, 3.63) is 35.1 Å². The summed E-state index contributed by atoms with van der Waals surface area (Å²) in [5.74, 6) is -0.566. The first kappa shape index (κ1) is 21.4. The molecule has 0 aliphatic carbocycles. The van der Waals surface area contributed by atoms with Gasteiger partial charge in [-0.3, -0.25) is 4.90 Å². The second kappa shape index (κ2) is 8.91. The SMILES string of the molecule is Cc1ccc(F)c([C@@H](CC(F)(F)F)N2CCNCC2)c1.Cl.Cl. The van der Waals surface area contributed by atoms with E-state index >= 15 is 0 Å².